The number of hydrogen-bond acceptors (Lipinski definition) is 3. The van der Waals surface area contributed by atoms with Gasteiger partial charge in [0.15, 0.2) is 0 Å². The van der Waals surface area contributed by atoms with Crippen LogP contribution in [-0.4, -0.2) is 36.2 Å². The fourth-order valence-electron chi connectivity index (χ4n) is 4.12. The van der Waals surface area contributed by atoms with Gasteiger partial charge in [-0.2, -0.15) is 0 Å². The van der Waals surface area contributed by atoms with Crippen molar-refractivity contribution in [2.45, 2.75) is 26.3 Å². The molecule has 1 aromatic heterocycles. The zero-order valence-corrected chi connectivity index (χ0v) is 15.6. The summed E-state index contributed by atoms with van der Waals surface area (Å²) in [5, 5.41) is 1.21. The van der Waals surface area contributed by atoms with Crippen LogP contribution in [0.25, 0.3) is 10.9 Å². The largest absolute Gasteiger partial charge is 0.379 e. The third kappa shape index (κ3) is 3.13. The molecule has 1 aliphatic heterocycles. The quantitative estimate of drug-likeness (QED) is 0.694. The lowest BCUT2D eigenvalue weighted by atomic mass is 9.88. The Morgan fingerprint density at radius 1 is 1.00 bits per heavy atom. The highest BCUT2D eigenvalue weighted by atomic mass is 16.5. The Kier molecular flexibility index (Phi) is 5.00. The molecule has 0 saturated carbocycles. The molecule has 26 heavy (non-hydrogen) atoms. The highest BCUT2D eigenvalue weighted by Crippen LogP contribution is 2.35. The van der Waals surface area contributed by atoms with E-state index in [9.17, 15) is 0 Å². The van der Waals surface area contributed by atoms with Crippen molar-refractivity contribution in [2.75, 3.05) is 26.3 Å². The maximum atomic E-state index is 5.62. The standard InChI is InChI=1S/C23H26N2O/c1-3-18-7-4-5-9-21(18)23(25-13-15-26-16-14-25)20-11-10-19-8-6-12-24-22(19)17(20)2/h4-12,23H,3,13-16H2,1-2H3. The fraction of sp³-hybridized carbons (Fsp3) is 0.348. The van der Waals surface area contributed by atoms with Crippen molar-refractivity contribution in [2.24, 2.45) is 0 Å². The van der Waals surface area contributed by atoms with Crippen LogP contribution >= 0.6 is 0 Å². The average molecular weight is 346 g/mol. The van der Waals surface area contributed by atoms with Crippen LogP contribution in [-0.2, 0) is 11.2 Å². The number of nitrogens with zero attached hydrogens (tertiary/aromatic N) is 2. The molecular weight excluding hydrogens is 320 g/mol. The SMILES string of the molecule is CCc1ccccc1C(c1ccc2cccnc2c1C)N1CCOCC1. The van der Waals surface area contributed by atoms with Gasteiger partial charge in [0.25, 0.3) is 0 Å². The molecule has 0 aliphatic carbocycles. The van der Waals surface area contributed by atoms with Gasteiger partial charge in [0.1, 0.15) is 0 Å². The second-order valence-corrected chi connectivity index (χ2v) is 6.96. The van der Waals surface area contributed by atoms with E-state index in [0.717, 1.165) is 38.2 Å². The van der Waals surface area contributed by atoms with Crippen molar-refractivity contribution < 1.29 is 4.74 Å². The van der Waals surface area contributed by atoms with Crippen LogP contribution < -0.4 is 0 Å². The molecule has 4 rings (SSSR count). The highest BCUT2D eigenvalue weighted by molar-refractivity contribution is 5.83. The number of benzene rings is 2. The Balaban J connectivity index is 1.89. The number of morpholine rings is 1. The van der Waals surface area contributed by atoms with E-state index in [1.54, 1.807) is 0 Å². The second kappa shape index (κ2) is 7.56. The molecule has 1 fully saturated rings. The summed E-state index contributed by atoms with van der Waals surface area (Å²) in [6.45, 7) is 7.98. The van der Waals surface area contributed by atoms with E-state index >= 15 is 0 Å². The summed E-state index contributed by atoms with van der Waals surface area (Å²) in [5.41, 5.74) is 6.58. The van der Waals surface area contributed by atoms with Gasteiger partial charge in [-0.1, -0.05) is 49.4 Å². The lowest BCUT2D eigenvalue weighted by Crippen LogP contribution is -2.40. The molecule has 134 valence electrons. The number of fused-ring (bicyclic) bond motifs is 1. The summed E-state index contributed by atoms with van der Waals surface area (Å²) < 4.78 is 5.62. The molecule has 0 radical (unpaired) electrons. The maximum Gasteiger partial charge on any atom is 0.0734 e. The van der Waals surface area contributed by atoms with Gasteiger partial charge in [-0.25, -0.2) is 0 Å². The first-order chi connectivity index (χ1) is 12.8. The van der Waals surface area contributed by atoms with Crippen LogP contribution in [0.1, 0.15) is 35.2 Å². The Morgan fingerprint density at radius 2 is 1.81 bits per heavy atom. The number of aromatic nitrogens is 1. The van der Waals surface area contributed by atoms with Gasteiger partial charge in [-0.3, -0.25) is 9.88 Å². The summed E-state index contributed by atoms with van der Waals surface area (Å²) >= 11 is 0. The topological polar surface area (TPSA) is 25.4 Å². The van der Waals surface area contributed by atoms with E-state index in [1.807, 2.05) is 12.3 Å². The summed E-state index contributed by atoms with van der Waals surface area (Å²) in [4.78, 5) is 7.23. The number of hydrogen-bond donors (Lipinski definition) is 0. The molecule has 0 amide bonds. The fourth-order valence-corrected chi connectivity index (χ4v) is 4.12. The third-order valence-corrected chi connectivity index (χ3v) is 5.51. The normalized spacial score (nSPS) is 16.7. The van der Waals surface area contributed by atoms with Gasteiger partial charge in [-0.15, -0.1) is 0 Å². The number of rotatable bonds is 4. The van der Waals surface area contributed by atoms with Crippen LogP contribution in [0.5, 0.6) is 0 Å². The van der Waals surface area contributed by atoms with Crippen molar-refractivity contribution in [1.29, 1.82) is 0 Å². The molecule has 1 aliphatic rings. The van der Waals surface area contributed by atoms with Crippen LogP contribution in [0, 0.1) is 6.92 Å². The van der Waals surface area contributed by atoms with Crippen molar-refractivity contribution in [1.82, 2.24) is 9.88 Å². The van der Waals surface area contributed by atoms with Gasteiger partial charge in [0.05, 0.1) is 24.8 Å². The smallest absolute Gasteiger partial charge is 0.0734 e. The van der Waals surface area contributed by atoms with Gasteiger partial charge in [0.2, 0.25) is 0 Å². The second-order valence-electron chi connectivity index (χ2n) is 6.96. The molecule has 0 bridgehead atoms. The Morgan fingerprint density at radius 3 is 2.62 bits per heavy atom. The summed E-state index contributed by atoms with van der Waals surface area (Å²) in [6.07, 6.45) is 2.94. The summed E-state index contributed by atoms with van der Waals surface area (Å²) in [5.74, 6) is 0. The zero-order chi connectivity index (χ0) is 17.9. The lowest BCUT2D eigenvalue weighted by Gasteiger charge is -2.37. The molecule has 3 heteroatoms. The molecule has 1 atom stereocenters. The van der Waals surface area contributed by atoms with Crippen molar-refractivity contribution >= 4 is 10.9 Å². The monoisotopic (exact) mass is 346 g/mol. The van der Waals surface area contributed by atoms with E-state index < -0.39 is 0 Å². The van der Waals surface area contributed by atoms with Crippen molar-refractivity contribution in [3.63, 3.8) is 0 Å². The van der Waals surface area contributed by atoms with Crippen LogP contribution in [0.15, 0.2) is 54.7 Å². The first kappa shape index (κ1) is 17.2. The van der Waals surface area contributed by atoms with Gasteiger partial charge in [-0.05, 0) is 41.7 Å². The van der Waals surface area contributed by atoms with E-state index in [2.05, 4.69) is 66.2 Å². The predicted octanol–water partition coefficient (Wildman–Crippen LogP) is 4.53. The summed E-state index contributed by atoms with van der Waals surface area (Å²) in [6, 6.07) is 17.8. The average Bonchev–Trinajstić information content (AvgIpc) is 2.71. The Bertz CT molecular complexity index is 900. The molecular formula is C23H26N2O. The van der Waals surface area contributed by atoms with Crippen molar-refractivity contribution in [3.8, 4) is 0 Å². The molecule has 0 spiro atoms. The van der Waals surface area contributed by atoms with Crippen LogP contribution in [0.3, 0.4) is 0 Å². The van der Waals surface area contributed by atoms with E-state index in [0.29, 0.717) is 0 Å². The molecule has 2 heterocycles. The Labute approximate surface area is 155 Å². The zero-order valence-electron chi connectivity index (χ0n) is 15.6. The first-order valence-electron chi connectivity index (χ1n) is 9.53. The first-order valence-corrected chi connectivity index (χ1v) is 9.53. The van der Waals surface area contributed by atoms with Gasteiger partial charge in [0, 0.05) is 24.7 Å². The van der Waals surface area contributed by atoms with Gasteiger partial charge < -0.3 is 4.74 Å². The van der Waals surface area contributed by atoms with Crippen LogP contribution in [0.2, 0.25) is 0 Å². The number of aryl methyl sites for hydroxylation is 2. The van der Waals surface area contributed by atoms with Crippen molar-refractivity contribution in [3.05, 3.63) is 77.0 Å². The number of pyridine rings is 1. The maximum absolute atomic E-state index is 5.62. The minimum atomic E-state index is 0.251. The molecule has 2 aromatic carbocycles. The molecule has 3 aromatic rings. The third-order valence-electron chi connectivity index (χ3n) is 5.51. The van der Waals surface area contributed by atoms with E-state index in [1.165, 1.54) is 27.6 Å². The van der Waals surface area contributed by atoms with E-state index in [-0.39, 0.29) is 6.04 Å². The summed E-state index contributed by atoms with van der Waals surface area (Å²) in [7, 11) is 0. The predicted molar refractivity (Wildman–Crippen MR) is 107 cm³/mol. The minimum absolute atomic E-state index is 0.251. The highest BCUT2D eigenvalue weighted by Gasteiger charge is 2.27. The minimum Gasteiger partial charge on any atom is -0.379 e. The number of ether oxygens (including phenoxy) is 1. The lowest BCUT2D eigenvalue weighted by molar-refractivity contribution is 0.0237. The Hall–Kier alpha value is -2.23. The molecule has 1 saturated heterocycles. The molecule has 1 unspecified atom stereocenters. The van der Waals surface area contributed by atoms with E-state index in [4.69, 9.17) is 4.74 Å². The van der Waals surface area contributed by atoms with Gasteiger partial charge >= 0.3 is 0 Å². The molecule has 3 nitrogen and oxygen atoms in total. The molecule has 0 N–H and O–H groups in total. The van der Waals surface area contributed by atoms with Crippen LogP contribution in [0.4, 0.5) is 0 Å².